The minimum Gasteiger partial charge on any atom is -0.484 e. The number of nitrogens with zero attached hydrogens (tertiary/aromatic N) is 3. The highest BCUT2D eigenvalue weighted by Gasteiger charge is 2.26. The molecule has 1 fully saturated rings. The molecule has 2 heterocycles. The van der Waals surface area contributed by atoms with Gasteiger partial charge in [-0.15, -0.1) is 0 Å². The number of imidazole rings is 1. The number of benzene rings is 1. The summed E-state index contributed by atoms with van der Waals surface area (Å²) in [6, 6.07) is 4.67. The van der Waals surface area contributed by atoms with Crippen molar-refractivity contribution in [2.75, 3.05) is 39.5 Å². The number of hydrogen-bond donors (Lipinski definition) is 1. The summed E-state index contributed by atoms with van der Waals surface area (Å²) >= 11 is 0. The number of amides is 1. The van der Waals surface area contributed by atoms with Crippen LogP contribution in [0.4, 0.5) is 0 Å². The standard InChI is InChI=1S/C19H26N4O5S/c1-16-13-17(29(25,26)23-9-11-27-12-10-23)3-4-18(16)28-14-19(24)21-5-2-7-22-8-6-20-15-22/h3-4,6,8,13,15H,2,5,7,9-12,14H2,1H3,(H,21,24). The first-order valence-corrected chi connectivity index (χ1v) is 10.9. The molecule has 10 heteroatoms. The van der Waals surface area contributed by atoms with Crippen molar-refractivity contribution >= 4 is 15.9 Å². The molecule has 1 aromatic heterocycles. The average Bonchev–Trinajstić information content (AvgIpc) is 3.24. The average molecular weight is 423 g/mol. The molecule has 0 bridgehead atoms. The SMILES string of the molecule is Cc1cc(S(=O)(=O)N2CCOCC2)ccc1OCC(=O)NCCCn1ccnc1. The summed E-state index contributed by atoms with van der Waals surface area (Å²) in [5.74, 6) is 0.263. The highest BCUT2D eigenvalue weighted by Crippen LogP contribution is 2.24. The van der Waals surface area contributed by atoms with E-state index in [1.807, 2.05) is 10.8 Å². The quantitative estimate of drug-likeness (QED) is 0.600. The van der Waals surface area contributed by atoms with Crippen LogP contribution in [0.2, 0.25) is 0 Å². The lowest BCUT2D eigenvalue weighted by Crippen LogP contribution is -2.40. The third kappa shape index (κ3) is 5.78. The molecule has 0 unspecified atom stereocenters. The monoisotopic (exact) mass is 422 g/mol. The summed E-state index contributed by atoms with van der Waals surface area (Å²) in [5, 5.41) is 2.80. The largest absolute Gasteiger partial charge is 0.484 e. The van der Waals surface area contributed by atoms with Crippen LogP contribution in [-0.2, 0) is 26.1 Å². The van der Waals surface area contributed by atoms with Gasteiger partial charge in [-0.2, -0.15) is 4.31 Å². The van der Waals surface area contributed by atoms with E-state index < -0.39 is 10.0 Å². The summed E-state index contributed by atoms with van der Waals surface area (Å²) in [6.45, 7) is 4.45. The lowest BCUT2D eigenvalue weighted by molar-refractivity contribution is -0.123. The molecule has 9 nitrogen and oxygen atoms in total. The Bertz CT molecular complexity index is 909. The molecule has 1 amide bonds. The Balaban J connectivity index is 1.48. The minimum absolute atomic E-state index is 0.124. The number of sulfonamides is 1. The van der Waals surface area contributed by atoms with Gasteiger partial charge in [0.2, 0.25) is 10.0 Å². The molecule has 2 aromatic rings. The Morgan fingerprint density at radius 1 is 1.31 bits per heavy atom. The molecule has 29 heavy (non-hydrogen) atoms. The number of nitrogens with one attached hydrogen (secondary N) is 1. The van der Waals surface area contributed by atoms with Crippen molar-refractivity contribution in [2.24, 2.45) is 0 Å². The highest BCUT2D eigenvalue weighted by molar-refractivity contribution is 7.89. The summed E-state index contributed by atoms with van der Waals surface area (Å²) < 4.78 is 39.6. The molecule has 1 aromatic carbocycles. The molecule has 158 valence electrons. The Kier molecular flexibility index (Phi) is 7.24. The van der Waals surface area contributed by atoms with Gasteiger partial charge >= 0.3 is 0 Å². The van der Waals surface area contributed by atoms with Crippen molar-refractivity contribution in [1.29, 1.82) is 0 Å². The van der Waals surface area contributed by atoms with Gasteiger partial charge in [-0.05, 0) is 37.1 Å². The van der Waals surface area contributed by atoms with Gasteiger partial charge in [0.25, 0.3) is 5.91 Å². The van der Waals surface area contributed by atoms with Crippen LogP contribution < -0.4 is 10.1 Å². The van der Waals surface area contributed by atoms with E-state index in [1.54, 1.807) is 31.6 Å². The van der Waals surface area contributed by atoms with Crippen LogP contribution in [0.15, 0.2) is 41.8 Å². The summed E-state index contributed by atoms with van der Waals surface area (Å²) in [6.07, 6.45) is 6.11. The molecule has 1 aliphatic heterocycles. The first-order valence-electron chi connectivity index (χ1n) is 9.50. The lowest BCUT2D eigenvalue weighted by Gasteiger charge is -2.26. The normalized spacial score (nSPS) is 15.2. The smallest absolute Gasteiger partial charge is 0.257 e. The van der Waals surface area contributed by atoms with E-state index in [4.69, 9.17) is 9.47 Å². The van der Waals surface area contributed by atoms with Crippen LogP contribution >= 0.6 is 0 Å². The minimum atomic E-state index is -3.55. The molecule has 0 radical (unpaired) electrons. The van der Waals surface area contributed by atoms with E-state index in [0.29, 0.717) is 44.2 Å². The highest BCUT2D eigenvalue weighted by atomic mass is 32.2. The second-order valence-electron chi connectivity index (χ2n) is 6.74. The lowest BCUT2D eigenvalue weighted by atomic mass is 10.2. The van der Waals surface area contributed by atoms with Crippen molar-refractivity contribution < 1.29 is 22.7 Å². The summed E-state index contributed by atoms with van der Waals surface area (Å²) in [7, 11) is -3.55. The number of aromatic nitrogens is 2. The summed E-state index contributed by atoms with van der Waals surface area (Å²) in [5.41, 5.74) is 0.659. The molecule has 3 rings (SSSR count). The Morgan fingerprint density at radius 3 is 2.79 bits per heavy atom. The zero-order valence-corrected chi connectivity index (χ0v) is 17.2. The van der Waals surface area contributed by atoms with Crippen LogP contribution in [-0.4, -0.2) is 67.6 Å². The predicted octanol–water partition coefficient (Wildman–Crippen LogP) is 0.798. The van der Waals surface area contributed by atoms with Gasteiger partial charge in [-0.25, -0.2) is 13.4 Å². The van der Waals surface area contributed by atoms with Crippen LogP contribution in [0.3, 0.4) is 0 Å². The van der Waals surface area contributed by atoms with Crippen molar-refractivity contribution in [3.8, 4) is 5.75 Å². The van der Waals surface area contributed by atoms with Crippen molar-refractivity contribution in [1.82, 2.24) is 19.2 Å². The van der Waals surface area contributed by atoms with Crippen LogP contribution in [0.25, 0.3) is 0 Å². The number of morpholine rings is 1. The molecule has 1 saturated heterocycles. The number of ether oxygens (including phenoxy) is 2. The third-order valence-electron chi connectivity index (χ3n) is 4.59. The van der Waals surface area contributed by atoms with Gasteiger partial charge in [0.05, 0.1) is 24.4 Å². The van der Waals surface area contributed by atoms with Crippen molar-refractivity contribution in [3.05, 3.63) is 42.5 Å². The van der Waals surface area contributed by atoms with Crippen LogP contribution in [0, 0.1) is 6.92 Å². The second-order valence-corrected chi connectivity index (χ2v) is 8.67. The molecule has 1 aliphatic rings. The number of carbonyl (C=O) groups excluding carboxylic acids is 1. The molecular weight excluding hydrogens is 396 g/mol. The van der Waals surface area contributed by atoms with Gasteiger partial charge in [0.15, 0.2) is 6.61 Å². The van der Waals surface area contributed by atoms with Crippen LogP contribution in [0.5, 0.6) is 5.75 Å². The van der Waals surface area contributed by atoms with Gasteiger partial charge in [-0.1, -0.05) is 0 Å². The van der Waals surface area contributed by atoms with E-state index in [-0.39, 0.29) is 17.4 Å². The van der Waals surface area contributed by atoms with E-state index >= 15 is 0 Å². The van der Waals surface area contributed by atoms with E-state index in [2.05, 4.69) is 10.3 Å². The molecule has 0 spiro atoms. The Labute approximate surface area is 170 Å². The van der Waals surface area contributed by atoms with E-state index in [1.165, 1.54) is 10.4 Å². The van der Waals surface area contributed by atoms with Crippen molar-refractivity contribution in [3.63, 3.8) is 0 Å². The zero-order valence-electron chi connectivity index (χ0n) is 16.4. The van der Waals surface area contributed by atoms with Gasteiger partial charge in [0.1, 0.15) is 5.75 Å². The first kappa shape index (κ1) is 21.3. The topological polar surface area (TPSA) is 103 Å². The number of aryl methyl sites for hydroxylation is 2. The number of hydrogen-bond acceptors (Lipinski definition) is 6. The molecule has 0 aliphatic carbocycles. The van der Waals surface area contributed by atoms with Crippen molar-refractivity contribution in [2.45, 2.75) is 24.8 Å². The van der Waals surface area contributed by atoms with E-state index in [9.17, 15) is 13.2 Å². The molecule has 0 saturated carbocycles. The fourth-order valence-corrected chi connectivity index (χ4v) is 4.48. The molecular formula is C19H26N4O5S. The second kappa shape index (κ2) is 9.86. The first-order chi connectivity index (χ1) is 14.0. The van der Waals surface area contributed by atoms with Gasteiger partial charge in [-0.3, -0.25) is 4.79 Å². The third-order valence-corrected chi connectivity index (χ3v) is 6.48. The fraction of sp³-hybridized carbons (Fsp3) is 0.474. The maximum Gasteiger partial charge on any atom is 0.257 e. The van der Waals surface area contributed by atoms with E-state index in [0.717, 1.165) is 13.0 Å². The summed E-state index contributed by atoms with van der Waals surface area (Å²) in [4.78, 5) is 16.1. The number of rotatable bonds is 9. The van der Waals surface area contributed by atoms with Gasteiger partial charge < -0.3 is 19.4 Å². The van der Waals surface area contributed by atoms with Gasteiger partial charge in [0, 0.05) is 38.6 Å². The Hall–Kier alpha value is -2.43. The fourth-order valence-electron chi connectivity index (χ4n) is 2.98. The predicted molar refractivity (Wildman–Crippen MR) is 106 cm³/mol. The zero-order chi connectivity index (χ0) is 20.7. The number of carbonyl (C=O) groups is 1. The maximum absolute atomic E-state index is 12.7. The molecule has 0 atom stereocenters. The van der Waals surface area contributed by atoms with Crippen LogP contribution in [0.1, 0.15) is 12.0 Å². The maximum atomic E-state index is 12.7. The molecule has 1 N–H and O–H groups in total. The Morgan fingerprint density at radius 2 is 2.10 bits per heavy atom.